The number of imidazole rings is 1. The van der Waals surface area contributed by atoms with Gasteiger partial charge in [0, 0.05) is 137 Å². The molecule has 0 radical (unpaired) electrons. The Morgan fingerprint density at radius 1 is 0.839 bits per heavy atom. The summed E-state index contributed by atoms with van der Waals surface area (Å²) < 4.78 is 55.9. The highest BCUT2D eigenvalue weighted by Gasteiger charge is 2.66. The third-order valence-corrected chi connectivity index (χ3v) is 22.2. The molecule has 15 unspecified atom stereocenters. The second-order valence-electron chi connectivity index (χ2n) is 27.0. The van der Waals surface area contributed by atoms with Crippen molar-refractivity contribution in [1.82, 2.24) is 30.2 Å². The maximum Gasteiger partial charge on any atom is 0.472 e. The standard InChI is InChI=1S/C59H87N16O16PS/c1-26(90-92(85,86)91-47-34(24-76)89-53(46(47)84)75-25-68-52-45(75)51(66)72-54(73-52)93(10,87)88)23-67-42(83)17-18-56(6)32(19-39(63)80)50-59(9)58(8,22-41(65)82)31(13-16-38(62)79)44(74-59)28(3)49-57(7,21-40(64)81)29(11-14-36(60)77)33(69-49)20-35-55(4,5)30(12-15-37(61)78)43(70-35)27(2)48(56)71-50/h20,25-26,29-32,34,46-47,50,53,69,76,84H,11-19,21-24H2,1-10H3,(H2,60,77)(H2,61,78)(H2,62,79)(H2,63,80)(H2,64,81)(H2,65,82)(H,67,83)(H,85,86)(H2,66,72,73)/b33-20?,43-27?,49-28-. The Labute approximate surface area is 537 Å². The minimum Gasteiger partial charge on any atom is -0.394 e. The lowest BCUT2D eigenvalue weighted by atomic mass is 9.55. The molecule has 32 nitrogen and oxygen atoms in total. The van der Waals surface area contributed by atoms with E-state index in [1.54, 1.807) is 20.8 Å². The van der Waals surface area contributed by atoms with Crippen LogP contribution in [0.1, 0.15) is 139 Å². The topological polar surface area (TPSA) is 546 Å². The molecule has 0 aliphatic carbocycles. The predicted molar refractivity (Wildman–Crippen MR) is 337 cm³/mol. The number of carbonyl (C=O) groups excluding carboxylic acids is 7. The van der Waals surface area contributed by atoms with Crippen molar-refractivity contribution in [3.05, 3.63) is 40.6 Å². The highest BCUT2D eigenvalue weighted by molar-refractivity contribution is 7.90. The van der Waals surface area contributed by atoms with Crippen molar-refractivity contribution in [3.63, 3.8) is 0 Å². The number of nitrogens with one attached hydrogen (secondary N) is 2. The molecule has 0 aromatic carbocycles. The molecule has 2 fully saturated rings. The molecule has 8 bridgehead atoms. The Balaban J connectivity index is 1.18. The van der Waals surface area contributed by atoms with Crippen molar-refractivity contribution in [3.8, 4) is 0 Å². The number of rotatable bonds is 27. The Morgan fingerprint density at radius 3 is 2.01 bits per heavy atom. The summed E-state index contributed by atoms with van der Waals surface area (Å²) >= 11 is 0. The summed E-state index contributed by atoms with van der Waals surface area (Å²) in [6, 6.07) is -1.07. The van der Waals surface area contributed by atoms with Gasteiger partial charge in [-0.1, -0.05) is 34.6 Å². The Kier molecular flexibility index (Phi) is 20.0. The lowest BCUT2D eigenvalue weighted by Gasteiger charge is -2.48. The largest absolute Gasteiger partial charge is 0.472 e. The van der Waals surface area contributed by atoms with Crippen LogP contribution in [-0.4, -0.2) is 157 Å². The summed E-state index contributed by atoms with van der Waals surface area (Å²) in [4.78, 5) is 133. The molecule has 0 saturated carbocycles. The molecule has 93 heavy (non-hydrogen) atoms. The van der Waals surface area contributed by atoms with Crippen LogP contribution in [0.4, 0.5) is 5.82 Å². The lowest BCUT2D eigenvalue weighted by molar-refractivity contribution is -0.124. The minimum atomic E-state index is -5.20. The number of aliphatic hydroxyl groups excluding tert-OH is 2. The number of aliphatic imine (C=N–C) groups is 3. The molecule has 2 aromatic heterocycles. The Bertz CT molecular complexity index is 3810. The molecule has 2 aromatic rings. The van der Waals surface area contributed by atoms with Gasteiger partial charge >= 0.3 is 7.82 Å². The smallest absolute Gasteiger partial charge is 0.394 e. The average molecular weight is 1340 g/mol. The maximum atomic E-state index is 14.4. The van der Waals surface area contributed by atoms with Crippen LogP contribution in [0.5, 0.6) is 0 Å². The van der Waals surface area contributed by atoms with Crippen molar-refractivity contribution in [2.45, 2.75) is 180 Å². The van der Waals surface area contributed by atoms with E-state index in [-0.39, 0.29) is 87.6 Å². The number of phosphoric acid groups is 1. The number of hydrogen-bond donors (Lipinski definition) is 12. The van der Waals surface area contributed by atoms with Crippen LogP contribution in [0, 0.1) is 45.3 Å². The third kappa shape index (κ3) is 13.7. The van der Waals surface area contributed by atoms with Gasteiger partial charge in [0.2, 0.25) is 51.2 Å². The highest BCUT2D eigenvalue weighted by Crippen LogP contribution is 2.63. The number of allylic oxidation sites excluding steroid dienone is 6. The number of amides is 7. The zero-order chi connectivity index (χ0) is 69.2. The molecular weight excluding hydrogens is 1250 g/mol. The van der Waals surface area contributed by atoms with E-state index < -0.39 is 165 Å². The molecule has 6 aliphatic heterocycles. The Hall–Kier alpha value is -7.39. The SMILES string of the molecule is CC1=C2N=C(C=C3N/C(=C(/C)C4=NC(C)(C5N=C1C(C)(CCC(=O)NCC(C)OP(=O)(O)OC1C(CO)OC(n6cnc7nc(S(C)(=O)=O)nc(N)c76)C1O)C5CC(N)=O)C(C)(CC(N)=O)C4CCC(N)=O)C(C)(CC(N)=O)C3CCC(N)=O)C(C)(C)C2CCC(N)=O. The number of primary amides is 6. The zero-order valence-corrected chi connectivity index (χ0v) is 55.5. The summed E-state index contributed by atoms with van der Waals surface area (Å²) in [5.74, 6) is -7.82. The van der Waals surface area contributed by atoms with Crippen LogP contribution >= 0.6 is 7.82 Å². The van der Waals surface area contributed by atoms with Gasteiger partial charge < -0.3 is 70.6 Å². The first-order valence-electron chi connectivity index (χ1n) is 30.5. The van der Waals surface area contributed by atoms with Gasteiger partial charge in [0.1, 0.15) is 30.2 Å². The summed E-state index contributed by atoms with van der Waals surface area (Å²) in [5, 5.41) is 27.5. The molecule has 2 saturated heterocycles. The number of phosphoric ester groups is 1. The summed E-state index contributed by atoms with van der Waals surface area (Å²) in [6.45, 7) is 14.9. The minimum absolute atomic E-state index is 0.0460. The number of nitrogens with zero attached hydrogens (tertiary/aromatic N) is 7. The van der Waals surface area contributed by atoms with Gasteiger partial charge in [0.05, 0.1) is 24.3 Å². The summed E-state index contributed by atoms with van der Waals surface area (Å²) in [7, 11) is -9.12. The third-order valence-electron chi connectivity index (χ3n) is 20.2. The number of aliphatic hydroxyl groups is 2. The fourth-order valence-corrected chi connectivity index (χ4v) is 16.9. The van der Waals surface area contributed by atoms with Gasteiger partial charge in [-0.3, -0.25) is 62.2 Å². The number of fused-ring (bicyclic) bond motifs is 7. The van der Waals surface area contributed by atoms with Crippen LogP contribution in [0.2, 0.25) is 0 Å². The fraction of sp³-hybridized carbons (Fsp3) is 0.644. The first-order valence-corrected chi connectivity index (χ1v) is 33.9. The van der Waals surface area contributed by atoms with Crippen molar-refractivity contribution in [2.24, 2.45) is 94.7 Å². The van der Waals surface area contributed by atoms with Crippen molar-refractivity contribution < 1.29 is 75.4 Å². The number of sulfone groups is 1. The normalized spacial score (nSPS) is 32.3. The number of hydrogen-bond acceptors (Lipinski definition) is 23. The summed E-state index contributed by atoms with van der Waals surface area (Å²) in [6.07, 6.45) is -5.09. The van der Waals surface area contributed by atoms with Crippen LogP contribution in [0.15, 0.2) is 60.8 Å². The van der Waals surface area contributed by atoms with E-state index in [4.69, 9.17) is 68.9 Å². The zero-order valence-electron chi connectivity index (χ0n) is 53.8. The van der Waals surface area contributed by atoms with E-state index in [1.165, 1.54) is 6.92 Å². The number of nitrogens with two attached hydrogens (primary N) is 7. The number of aromatic nitrogens is 4. The van der Waals surface area contributed by atoms with Crippen LogP contribution in [0.3, 0.4) is 0 Å². The lowest BCUT2D eigenvalue weighted by Crippen LogP contribution is -2.56. The molecule has 510 valence electrons. The van der Waals surface area contributed by atoms with E-state index in [0.29, 0.717) is 45.4 Å². The van der Waals surface area contributed by atoms with Gasteiger partial charge in [-0.2, -0.15) is 9.97 Å². The number of nitrogen functional groups attached to an aromatic ring is 1. The quantitative estimate of drug-likeness (QED) is 0.0423. The average Bonchev–Trinajstić information content (AvgIpc) is 1.60. The van der Waals surface area contributed by atoms with E-state index >= 15 is 0 Å². The predicted octanol–water partition coefficient (Wildman–Crippen LogP) is 0.322. The molecule has 8 heterocycles. The molecule has 15 atom stereocenters. The molecular formula is C59H87N16O16PS. The Morgan fingerprint density at radius 2 is 1.44 bits per heavy atom. The number of anilines is 1. The molecule has 6 aliphatic rings. The number of ether oxygens (including phenoxy) is 1. The van der Waals surface area contributed by atoms with Gasteiger partial charge in [0.15, 0.2) is 17.7 Å². The van der Waals surface area contributed by atoms with Crippen LogP contribution in [-0.2, 0) is 61.7 Å². The van der Waals surface area contributed by atoms with Crippen LogP contribution in [0.25, 0.3) is 11.2 Å². The molecule has 19 N–H and O–H groups in total. The van der Waals surface area contributed by atoms with Crippen molar-refractivity contribution in [2.75, 3.05) is 25.1 Å². The first-order chi connectivity index (χ1) is 43.0. The van der Waals surface area contributed by atoms with Crippen molar-refractivity contribution in [1.29, 1.82) is 0 Å². The van der Waals surface area contributed by atoms with Gasteiger partial charge in [-0.05, 0) is 70.6 Å². The van der Waals surface area contributed by atoms with E-state index in [2.05, 4.69) is 25.6 Å². The second kappa shape index (κ2) is 26.1. The van der Waals surface area contributed by atoms with E-state index in [0.717, 1.165) is 17.2 Å². The van der Waals surface area contributed by atoms with Crippen LogP contribution < -0.4 is 50.8 Å². The van der Waals surface area contributed by atoms with Gasteiger partial charge in [-0.25, -0.2) is 18.0 Å². The maximum absolute atomic E-state index is 14.4. The first kappa shape index (κ1) is 71.5. The van der Waals surface area contributed by atoms with E-state index in [1.807, 2.05) is 40.7 Å². The monoisotopic (exact) mass is 1340 g/mol. The molecule has 34 heteroatoms. The summed E-state index contributed by atoms with van der Waals surface area (Å²) in [5.41, 5.74) is 39.6. The number of carbonyl (C=O) groups is 7. The molecule has 7 amide bonds. The fourth-order valence-electron chi connectivity index (χ4n) is 15.3. The van der Waals surface area contributed by atoms with Crippen molar-refractivity contribution >= 4 is 93.1 Å². The molecule has 8 rings (SSSR count). The molecule has 0 spiro atoms. The van der Waals surface area contributed by atoms with Gasteiger partial charge in [-0.15, -0.1) is 0 Å². The van der Waals surface area contributed by atoms with Gasteiger partial charge in [0.25, 0.3) is 5.16 Å². The second-order valence-corrected chi connectivity index (χ2v) is 30.3. The van der Waals surface area contributed by atoms with E-state index in [9.17, 15) is 61.7 Å². The highest BCUT2D eigenvalue weighted by atomic mass is 32.2.